The maximum absolute atomic E-state index is 5.91. The van der Waals surface area contributed by atoms with Crippen molar-refractivity contribution in [2.75, 3.05) is 14.2 Å². The number of halogens is 1. The molecule has 0 unspecified atom stereocenters. The molecule has 0 radical (unpaired) electrons. The van der Waals surface area contributed by atoms with Crippen LogP contribution in [0.15, 0.2) is 47.5 Å². The average molecular weight is 276 g/mol. The van der Waals surface area contributed by atoms with Crippen molar-refractivity contribution in [1.29, 1.82) is 0 Å². The van der Waals surface area contributed by atoms with Gasteiger partial charge in [-0.2, -0.15) is 0 Å². The van der Waals surface area contributed by atoms with Crippen molar-refractivity contribution >= 4 is 23.5 Å². The minimum Gasteiger partial charge on any atom is -0.497 e. The molecule has 4 heteroatoms. The minimum absolute atomic E-state index is 0.665. The van der Waals surface area contributed by atoms with Crippen LogP contribution in [0.2, 0.25) is 5.02 Å². The van der Waals surface area contributed by atoms with E-state index in [4.69, 9.17) is 21.1 Å². The number of nitrogens with zero attached hydrogens (tertiary/aromatic N) is 1. The van der Waals surface area contributed by atoms with Gasteiger partial charge in [0.15, 0.2) is 0 Å². The van der Waals surface area contributed by atoms with Gasteiger partial charge in [-0.3, -0.25) is 4.99 Å². The lowest BCUT2D eigenvalue weighted by atomic mass is 10.2. The first-order valence-electron chi connectivity index (χ1n) is 5.74. The molecule has 0 aliphatic rings. The Morgan fingerprint density at radius 2 is 1.68 bits per heavy atom. The van der Waals surface area contributed by atoms with Crippen molar-refractivity contribution in [1.82, 2.24) is 0 Å². The highest BCUT2D eigenvalue weighted by Crippen LogP contribution is 2.22. The number of methoxy groups -OCH3 is 2. The van der Waals surface area contributed by atoms with Crippen molar-refractivity contribution in [2.24, 2.45) is 4.99 Å². The molecule has 0 aliphatic carbocycles. The highest BCUT2D eigenvalue weighted by molar-refractivity contribution is 6.30. The van der Waals surface area contributed by atoms with Crippen LogP contribution in [-0.2, 0) is 0 Å². The average Bonchev–Trinajstić information content (AvgIpc) is 2.44. The fourth-order valence-electron chi connectivity index (χ4n) is 1.61. The van der Waals surface area contributed by atoms with Crippen LogP contribution in [0.3, 0.4) is 0 Å². The Morgan fingerprint density at radius 3 is 2.26 bits per heavy atom. The Labute approximate surface area is 117 Å². The molecular formula is C15H14ClNO2. The van der Waals surface area contributed by atoms with E-state index in [9.17, 15) is 0 Å². The Hall–Kier alpha value is -2.00. The molecule has 2 aromatic carbocycles. The molecule has 0 N–H and O–H groups in total. The Balaban J connectivity index is 2.27. The summed E-state index contributed by atoms with van der Waals surface area (Å²) in [6.07, 6.45) is 1.75. The van der Waals surface area contributed by atoms with Gasteiger partial charge in [0.2, 0.25) is 0 Å². The largest absolute Gasteiger partial charge is 0.497 e. The number of hydrogen-bond acceptors (Lipinski definition) is 3. The first-order chi connectivity index (χ1) is 9.21. The van der Waals surface area contributed by atoms with Gasteiger partial charge in [0.05, 0.1) is 19.9 Å². The zero-order valence-electron chi connectivity index (χ0n) is 10.8. The fourth-order valence-corrected chi connectivity index (χ4v) is 1.79. The summed E-state index contributed by atoms with van der Waals surface area (Å²) in [6, 6.07) is 13.0. The fraction of sp³-hybridized carbons (Fsp3) is 0.133. The maximum Gasteiger partial charge on any atom is 0.123 e. The molecule has 19 heavy (non-hydrogen) atoms. The van der Waals surface area contributed by atoms with Crippen molar-refractivity contribution in [3.8, 4) is 11.5 Å². The van der Waals surface area contributed by atoms with Crippen LogP contribution in [0.4, 0.5) is 5.69 Å². The lowest BCUT2D eigenvalue weighted by Crippen LogP contribution is -1.90. The molecule has 0 spiro atoms. The van der Waals surface area contributed by atoms with Crippen LogP contribution in [-0.4, -0.2) is 20.4 Å². The summed E-state index contributed by atoms with van der Waals surface area (Å²) < 4.78 is 10.4. The molecule has 0 amide bonds. The number of benzene rings is 2. The van der Waals surface area contributed by atoms with Crippen molar-refractivity contribution in [3.05, 3.63) is 53.1 Å². The second-order valence-electron chi connectivity index (χ2n) is 3.88. The van der Waals surface area contributed by atoms with Gasteiger partial charge in [-0.25, -0.2) is 0 Å². The van der Waals surface area contributed by atoms with Crippen LogP contribution in [0.5, 0.6) is 11.5 Å². The van der Waals surface area contributed by atoms with Crippen molar-refractivity contribution < 1.29 is 9.47 Å². The van der Waals surface area contributed by atoms with E-state index >= 15 is 0 Å². The Kier molecular flexibility index (Phi) is 4.42. The topological polar surface area (TPSA) is 30.8 Å². The summed E-state index contributed by atoms with van der Waals surface area (Å²) in [6.45, 7) is 0. The van der Waals surface area contributed by atoms with E-state index in [1.54, 1.807) is 26.5 Å². The lowest BCUT2D eigenvalue weighted by molar-refractivity contribution is 0.394. The van der Waals surface area contributed by atoms with Gasteiger partial charge in [-0.15, -0.1) is 0 Å². The molecule has 0 heterocycles. The van der Waals surface area contributed by atoms with E-state index in [0.29, 0.717) is 5.02 Å². The maximum atomic E-state index is 5.91. The summed E-state index contributed by atoms with van der Waals surface area (Å²) in [7, 11) is 3.24. The second-order valence-corrected chi connectivity index (χ2v) is 4.32. The highest BCUT2D eigenvalue weighted by atomic mass is 35.5. The van der Waals surface area contributed by atoms with Gasteiger partial charge < -0.3 is 9.47 Å². The molecule has 0 bridgehead atoms. The molecule has 98 valence electrons. The van der Waals surface area contributed by atoms with E-state index < -0.39 is 0 Å². The van der Waals surface area contributed by atoms with Gasteiger partial charge >= 0.3 is 0 Å². The summed E-state index contributed by atoms with van der Waals surface area (Å²) in [5.41, 5.74) is 1.70. The third kappa shape index (κ3) is 3.73. The van der Waals surface area contributed by atoms with E-state index in [0.717, 1.165) is 22.7 Å². The zero-order valence-corrected chi connectivity index (χ0v) is 11.5. The number of aliphatic imine (C=N–C) groups is 1. The van der Waals surface area contributed by atoms with Crippen molar-refractivity contribution in [3.63, 3.8) is 0 Å². The van der Waals surface area contributed by atoms with Crippen LogP contribution >= 0.6 is 11.6 Å². The zero-order chi connectivity index (χ0) is 13.7. The number of rotatable bonds is 4. The molecule has 0 aromatic heterocycles. The van der Waals surface area contributed by atoms with E-state index in [1.165, 1.54) is 0 Å². The summed E-state index contributed by atoms with van der Waals surface area (Å²) in [5, 5.41) is 0.665. The molecule has 3 nitrogen and oxygen atoms in total. The monoisotopic (exact) mass is 275 g/mol. The van der Waals surface area contributed by atoms with Crippen LogP contribution in [0.1, 0.15) is 5.56 Å². The van der Waals surface area contributed by atoms with Gasteiger partial charge in [-0.05, 0) is 30.3 Å². The van der Waals surface area contributed by atoms with E-state index in [2.05, 4.69) is 4.99 Å². The first-order valence-corrected chi connectivity index (χ1v) is 6.12. The summed E-state index contributed by atoms with van der Waals surface area (Å²) in [4.78, 5) is 4.37. The standard InChI is InChI=1S/C15H14ClNO2/c1-18-14-6-11(7-15(9-14)19-2)10-17-13-5-3-4-12(16)8-13/h3-10H,1-2H3. The highest BCUT2D eigenvalue weighted by Gasteiger charge is 2.00. The molecule has 0 atom stereocenters. The van der Waals surface area contributed by atoms with Gasteiger partial charge in [-0.1, -0.05) is 17.7 Å². The predicted molar refractivity (Wildman–Crippen MR) is 78.3 cm³/mol. The Bertz CT molecular complexity index is 574. The van der Waals surface area contributed by atoms with Crippen LogP contribution < -0.4 is 9.47 Å². The lowest BCUT2D eigenvalue weighted by Gasteiger charge is -2.05. The van der Waals surface area contributed by atoms with Crippen LogP contribution in [0, 0.1) is 0 Å². The van der Waals surface area contributed by atoms with Crippen molar-refractivity contribution in [2.45, 2.75) is 0 Å². The molecule has 2 rings (SSSR count). The molecular weight excluding hydrogens is 262 g/mol. The minimum atomic E-state index is 0.665. The molecule has 0 saturated heterocycles. The molecule has 0 aliphatic heterocycles. The van der Waals surface area contributed by atoms with Gasteiger partial charge in [0.1, 0.15) is 11.5 Å². The quantitative estimate of drug-likeness (QED) is 0.786. The summed E-state index contributed by atoms with van der Waals surface area (Å²) in [5.74, 6) is 1.46. The molecule has 2 aromatic rings. The first kappa shape index (κ1) is 13.4. The second kappa shape index (κ2) is 6.25. The predicted octanol–water partition coefficient (Wildman–Crippen LogP) is 4.11. The summed E-state index contributed by atoms with van der Waals surface area (Å²) >= 11 is 5.91. The van der Waals surface area contributed by atoms with E-state index in [1.807, 2.05) is 36.4 Å². The number of hydrogen-bond donors (Lipinski definition) is 0. The number of ether oxygens (including phenoxy) is 2. The third-order valence-electron chi connectivity index (χ3n) is 2.54. The molecule has 0 saturated carbocycles. The normalized spacial score (nSPS) is 10.7. The Morgan fingerprint density at radius 1 is 1.00 bits per heavy atom. The van der Waals surface area contributed by atoms with Crippen LogP contribution in [0.25, 0.3) is 0 Å². The van der Waals surface area contributed by atoms with Gasteiger partial charge in [0, 0.05) is 22.9 Å². The van der Waals surface area contributed by atoms with Gasteiger partial charge in [0.25, 0.3) is 0 Å². The van der Waals surface area contributed by atoms with E-state index in [-0.39, 0.29) is 0 Å². The molecule has 0 fully saturated rings. The smallest absolute Gasteiger partial charge is 0.123 e. The third-order valence-corrected chi connectivity index (χ3v) is 2.78. The SMILES string of the molecule is COc1cc(C=Nc2cccc(Cl)c2)cc(OC)c1.